The van der Waals surface area contributed by atoms with E-state index >= 15 is 0 Å². The van der Waals surface area contributed by atoms with Crippen molar-refractivity contribution in [3.05, 3.63) is 30.3 Å². The summed E-state index contributed by atoms with van der Waals surface area (Å²) in [6, 6.07) is 9.65. The van der Waals surface area contributed by atoms with E-state index in [4.69, 9.17) is 0 Å². The van der Waals surface area contributed by atoms with Gasteiger partial charge in [-0.05, 0) is 37.7 Å². The molecule has 1 aliphatic heterocycles. The first-order valence-corrected chi connectivity index (χ1v) is 7.25. The Balaban J connectivity index is 1.99. The maximum Gasteiger partial charge on any atom is 0.322 e. The van der Waals surface area contributed by atoms with E-state index in [1.807, 2.05) is 35.2 Å². The van der Waals surface area contributed by atoms with E-state index in [0.717, 1.165) is 25.1 Å². The van der Waals surface area contributed by atoms with Crippen LogP contribution in [0.2, 0.25) is 0 Å². The van der Waals surface area contributed by atoms with Gasteiger partial charge in [0.2, 0.25) is 0 Å². The van der Waals surface area contributed by atoms with Crippen LogP contribution >= 0.6 is 11.8 Å². The lowest BCUT2D eigenvalue weighted by Crippen LogP contribution is -2.44. The molecule has 1 aromatic carbocycles. The highest BCUT2D eigenvalue weighted by atomic mass is 32.2. The number of carbonyl (C=O) groups is 1. The molecule has 1 N–H and O–H groups in total. The van der Waals surface area contributed by atoms with Crippen molar-refractivity contribution < 1.29 is 4.79 Å². The topological polar surface area (TPSA) is 32.3 Å². The molecular weight excluding hydrogens is 232 g/mol. The second-order valence-corrected chi connectivity index (χ2v) is 5.19. The number of carbonyl (C=O) groups excluding carboxylic acids is 1. The zero-order valence-electron chi connectivity index (χ0n) is 10.1. The number of hydrogen-bond acceptors (Lipinski definition) is 2. The standard InChI is InChI=1S/C13H18N2OS/c1-17-12-9-5-6-10-15(12)13(16)14-11-7-3-2-4-8-11/h2-4,7-8,12H,5-6,9-10H2,1H3,(H,14,16). The van der Waals surface area contributed by atoms with Crippen molar-refractivity contribution in [1.29, 1.82) is 0 Å². The third-order valence-corrected chi connectivity index (χ3v) is 4.04. The number of hydrogen-bond donors (Lipinski definition) is 1. The normalized spacial score (nSPS) is 20.1. The van der Waals surface area contributed by atoms with Gasteiger partial charge in [0, 0.05) is 12.2 Å². The lowest BCUT2D eigenvalue weighted by Gasteiger charge is -2.34. The van der Waals surface area contributed by atoms with Crippen LogP contribution in [0.15, 0.2) is 30.3 Å². The number of amides is 2. The number of thioether (sulfide) groups is 1. The van der Waals surface area contributed by atoms with Crippen LogP contribution in [0.4, 0.5) is 10.5 Å². The highest BCUT2D eigenvalue weighted by Crippen LogP contribution is 2.25. The van der Waals surface area contributed by atoms with Gasteiger partial charge < -0.3 is 10.2 Å². The van der Waals surface area contributed by atoms with Gasteiger partial charge in [-0.2, -0.15) is 0 Å². The Morgan fingerprint density at radius 3 is 2.82 bits per heavy atom. The van der Waals surface area contributed by atoms with Crippen molar-refractivity contribution in [2.45, 2.75) is 24.6 Å². The van der Waals surface area contributed by atoms with Crippen molar-refractivity contribution in [2.24, 2.45) is 0 Å². The molecule has 1 fully saturated rings. The first kappa shape index (κ1) is 12.3. The van der Waals surface area contributed by atoms with Crippen molar-refractivity contribution in [1.82, 2.24) is 4.90 Å². The third kappa shape index (κ3) is 3.16. The van der Waals surface area contributed by atoms with Crippen molar-refractivity contribution in [3.8, 4) is 0 Å². The monoisotopic (exact) mass is 250 g/mol. The molecule has 3 nitrogen and oxygen atoms in total. The van der Waals surface area contributed by atoms with Crippen LogP contribution in [0.1, 0.15) is 19.3 Å². The fourth-order valence-corrected chi connectivity index (χ4v) is 2.95. The van der Waals surface area contributed by atoms with E-state index in [1.54, 1.807) is 11.8 Å². The van der Waals surface area contributed by atoms with E-state index < -0.39 is 0 Å². The predicted octanol–water partition coefficient (Wildman–Crippen LogP) is 3.39. The molecule has 1 atom stereocenters. The van der Waals surface area contributed by atoms with Gasteiger partial charge in [-0.25, -0.2) is 4.79 Å². The molecule has 1 saturated heterocycles. The third-order valence-electron chi connectivity index (χ3n) is 3.01. The minimum absolute atomic E-state index is 0.0234. The summed E-state index contributed by atoms with van der Waals surface area (Å²) in [6.45, 7) is 0.865. The largest absolute Gasteiger partial charge is 0.322 e. The number of para-hydroxylation sites is 1. The summed E-state index contributed by atoms with van der Waals surface area (Å²) in [4.78, 5) is 14.1. The first-order valence-electron chi connectivity index (χ1n) is 5.97. The maximum absolute atomic E-state index is 12.1. The van der Waals surface area contributed by atoms with Crippen LogP contribution in [-0.4, -0.2) is 29.1 Å². The van der Waals surface area contributed by atoms with Gasteiger partial charge in [0.15, 0.2) is 0 Å². The minimum atomic E-state index is 0.0234. The van der Waals surface area contributed by atoms with Crippen molar-refractivity contribution >= 4 is 23.5 Å². The smallest absolute Gasteiger partial charge is 0.313 e. The molecule has 4 heteroatoms. The summed E-state index contributed by atoms with van der Waals surface area (Å²) < 4.78 is 0. The Labute approximate surface area is 107 Å². The van der Waals surface area contributed by atoms with Gasteiger partial charge in [0.25, 0.3) is 0 Å². The van der Waals surface area contributed by atoms with Crippen LogP contribution < -0.4 is 5.32 Å². The number of nitrogens with one attached hydrogen (secondary N) is 1. The van der Waals surface area contributed by atoms with E-state index in [-0.39, 0.29) is 6.03 Å². The molecule has 1 unspecified atom stereocenters. The minimum Gasteiger partial charge on any atom is -0.313 e. The molecule has 1 aliphatic rings. The summed E-state index contributed by atoms with van der Waals surface area (Å²) in [5.41, 5.74) is 0.864. The van der Waals surface area contributed by atoms with Gasteiger partial charge in [-0.1, -0.05) is 18.2 Å². The van der Waals surface area contributed by atoms with Crippen LogP contribution in [-0.2, 0) is 0 Å². The van der Waals surface area contributed by atoms with Gasteiger partial charge >= 0.3 is 6.03 Å². The van der Waals surface area contributed by atoms with Crippen LogP contribution in [0.25, 0.3) is 0 Å². The van der Waals surface area contributed by atoms with E-state index in [9.17, 15) is 4.79 Å². The van der Waals surface area contributed by atoms with Crippen LogP contribution in [0.3, 0.4) is 0 Å². The zero-order valence-corrected chi connectivity index (χ0v) is 10.9. The first-order chi connectivity index (χ1) is 8.31. The Morgan fingerprint density at radius 1 is 1.35 bits per heavy atom. The average molecular weight is 250 g/mol. The molecule has 0 saturated carbocycles. The lowest BCUT2D eigenvalue weighted by molar-refractivity contribution is 0.192. The molecule has 0 spiro atoms. The molecule has 0 aromatic heterocycles. The number of anilines is 1. The Bertz CT molecular complexity index is 369. The van der Waals surface area contributed by atoms with Gasteiger partial charge in [0.1, 0.15) is 0 Å². The highest BCUT2D eigenvalue weighted by molar-refractivity contribution is 7.99. The zero-order chi connectivity index (χ0) is 12.1. The molecule has 0 aliphatic carbocycles. The van der Waals surface area contributed by atoms with Gasteiger partial charge in [0.05, 0.1) is 5.37 Å². The Morgan fingerprint density at radius 2 is 2.12 bits per heavy atom. The lowest BCUT2D eigenvalue weighted by atomic mass is 10.1. The molecule has 2 amide bonds. The maximum atomic E-state index is 12.1. The van der Waals surface area contributed by atoms with Crippen LogP contribution in [0, 0.1) is 0 Å². The molecule has 17 heavy (non-hydrogen) atoms. The fourth-order valence-electron chi connectivity index (χ4n) is 2.10. The van der Waals surface area contributed by atoms with Gasteiger partial charge in [-0.3, -0.25) is 0 Å². The second-order valence-electron chi connectivity index (χ2n) is 4.18. The number of nitrogens with zero attached hydrogens (tertiary/aromatic N) is 1. The van der Waals surface area contributed by atoms with E-state index in [1.165, 1.54) is 6.42 Å². The summed E-state index contributed by atoms with van der Waals surface area (Å²) in [6.07, 6.45) is 5.50. The summed E-state index contributed by atoms with van der Waals surface area (Å²) in [5.74, 6) is 0. The second kappa shape index (κ2) is 5.96. The Hall–Kier alpha value is -1.16. The summed E-state index contributed by atoms with van der Waals surface area (Å²) in [5, 5.41) is 3.28. The number of likely N-dealkylation sites (tertiary alicyclic amines) is 1. The highest BCUT2D eigenvalue weighted by Gasteiger charge is 2.25. The number of rotatable bonds is 2. The van der Waals surface area contributed by atoms with Gasteiger partial charge in [-0.15, -0.1) is 11.8 Å². The summed E-state index contributed by atoms with van der Waals surface area (Å²) >= 11 is 1.76. The molecule has 1 heterocycles. The average Bonchev–Trinajstić information content (AvgIpc) is 2.40. The van der Waals surface area contributed by atoms with Crippen molar-refractivity contribution in [3.63, 3.8) is 0 Å². The molecular formula is C13H18N2OS. The molecule has 0 radical (unpaired) electrons. The predicted molar refractivity (Wildman–Crippen MR) is 73.3 cm³/mol. The number of piperidine rings is 1. The summed E-state index contributed by atoms with van der Waals surface area (Å²) in [7, 11) is 0. The molecule has 0 bridgehead atoms. The quantitative estimate of drug-likeness (QED) is 0.872. The Kier molecular flexibility index (Phi) is 4.31. The van der Waals surface area contributed by atoms with E-state index in [0.29, 0.717) is 5.37 Å². The molecule has 1 aromatic rings. The fraction of sp³-hybridized carbons (Fsp3) is 0.462. The van der Waals surface area contributed by atoms with Crippen molar-refractivity contribution in [2.75, 3.05) is 18.1 Å². The number of urea groups is 1. The number of benzene rings is 1. The SMILES string of the molecule is CSC1CCCCN1C(=O)Nc1ccccc1. The molecule has 92 valence electrons. The molecule has 2 rings (SSSR count). The van der Waals surface area contributed by atoms with Crippen LogP contribution in [0.5, 0.6) is 0 Å². The van der Waals surface area contributed by atoms with E-state index in [2.05, 4.69) is 11.6 Å².